The molecule has 0 aliphatic carbocycles. The molecule has 0 aromatic carbocycles. The highest BCUT2D eigenvalue weighted by molar-refractivity contribution is 7.99. The van der Waals surface area contributed by atoms with Gasteiger partial charge in [-0.15, -0.1) is 0 Å². The molecule has 0 spiro atoms. The van der Waals surface area contributed by atoms with Gasteiger partial charge in [0.2, 0.25) is 5.69 Å². The van der Waals surface area contributed by atoms with Gasteiger partial charge < -0.3 is 10.3 Å². The van der Waals surface area contributed by atoms with Gasteiger partial charge in [-0.1, -0.05) is 11.8 Å². The van der Waals surface area contributed by atoms with Crippen molar-refractivity contribution in [3.8, 4) is 0 Å². The van der Waals surface area contributed by atoms with Gasteiger partial charge in [-0.05, 0) is 4.90 Å². The van der Waals surface area contributed by atoms with Gasteiger partial charge >= 0.3 is 0 Å². The number of aromatic nitrogens is 2. The maximum absolute atomic E-state index is 10.6. The average Bonchev–Trinajstić information content (AvgIpc) is 2.31. The lowest BCUT2D eigenvalue weighted by Gasteiger charge is -1.88. The molecule has 0 amide bonds. The summed E-state index contributed by atoms with van der Waals surface area (Å²) in [5, 5.41) is 23.1. The molecule has 6 heteroatoms. The summed E-state index contributed by atoms with van der Waals surface area (Å²) in [6.07, 6.45) is 0. The van der Waals surface area contributed by atoms with Crippen molar-refractivity contribution >= 4 is 11.8 Å². The van der Waals surface area contributed by atoms with E-state index in [1.807, 2.05) is 0 Å². The first-order chi connectivity index (χ1) is 5.25. The Labute approximate surface area is 67.5 Å². The molecule has 0 unspecified atom stereocenters. The Hall–Kier alpha value is -0.750. The molecule has 1 heterocycles. The van der Waals surface area contributed by atoms with Crippen molar-refractivity contribution in [1.29, 1.82) is 0 Å². The summed E-state index contributed by atoms with van der Waals surface area (Å²) in [6, 6.07) is 0. The molecule has 62 valence electrons. The van der Waals surface area contributed by atoms with E-state index in [2.05, 4.69) is 9.79 Å². The predicted octanol–water partition coefficient (Wildman–Crippen LogP) is -0.299. The van der Waals surface area contributed by atoms with E-state index in [0.717, 1.165) is 0 Å². The van der Waals surface area contributed by atoms with Crippen molar-refractivity contribution in [3.05, 3.63) is 10.9 Å². The zero-order valence-corrected chi connectivity index (χ0v) is 6.80. The predicted molar refractivity (Wildman–Crippen MR) is 38.0 cm³/mol. The maximum Gasteiger partial charge on any atom is 0.277 e. The molecular weight excluding hydrogens is 168 g/mol. The largest absolute Gasteiger partial charge is 0.396 e. The van der Waals surface area contributed by atoms with Crippen LogP contribution < -0.4 is 4.90 Å². The summed E-state index contributed by atoms with van der Waals surface area (Å²) >= 11 is 1.29. The third-order valence-electron chi connectivity index (χ3n) is 1.11. The molecule has 0 saturated carbocycles. The second-order valence-corrected chi connectivity index (χ2v) is 2.98. The van der Waals surface area contributed by atoms with Gasteiger partial charge in [-0.3, -0.25) is 4.63 Å². The molecule has 0 radical (unpaired) electrons. The summed E-state index contributed by atoms with van der Waals surface area (Å²) in [5.41, 5.74) is 0.434. The summed E-state index contributed by atoms with van der Waals surface area (Å²) in [7, 11) is 0. The minimum Gasteiger partial charge on any atom is -0.396 e. The molecule has 0 aliphatic rings. The number of hydrogen-bond donors (Lipinski definition) is 1. The first-order valence-electron chi connectivity index (χ1n) is 3.05. The van der Waals surface area contributed by atoms with E-state index in [4.69, 9.17) is 5.11 Å². The number of aliphatic hydroxyl groups is 1. The molecule has 5 nitrogen and oxygen atoms in total. The van der Waals surface area contributed by atoms with Crippen LogP contribution in [0, 0.1) is 12.1 Å². The monoisotopic (exact) mass is 176 g/mol. The second-order valence-electron chi connectivity index (χ2n) is 1.89. The Bertz CT molecular complexity index is 238. The summed E-state index contributed by atoms with van der Waals surface area (Å²) in [4.78, 5) is 0.347. The van der Waals surface area contributed by atoms with E-state index < -0.39 is 0 Å². The first-order valence-corrected chi connectivity index (χ1v) is 4.04. The SMILES string of the molecule is Cc1c(SCCO)no[n+]1[O-]. The second kappa shape index (κ2) is 3.59. The van der Waals surface area contributed by atoms with Crippen LogP contribution in [0.1, 0.15) is 5.69 Å². The molecule has 0 bridgehead atoms. The lowest BCUT2D eigenvalue weighted by molar-refractivity contribution is -0.807. The van der Waals surface area contributed by atoms with E-state index in [9.17, 15) is 5.21 Å². The van der Waals surface area contributed by atoms with E-state index in [1.165, 1.54) is 11.8 Å². The standard InChI is InChI=1S/C5H8N2O3S/c1-4-5(11-3-2-8)6-10-7(4)9/h8H,2-3H2,1H3. The van der Waals surface area contributed by atoms with Crippen molar-refractivity contribution in [2.45, 2.75) is 11.9 Å². The Morgan fingerprint density at radius 2 is 2.55 bits per heavy atom. The van der Waals surface area contributed by atoms with Crippen molar-refractivity contribution in [2.24, 2.45) is 0 Å². The lowest BCUT2D eigenvalue weighted by Crippen LogP contribution is -2.25. The fourth-order valence-corrected chi connectivity index (χ4v) is 1.21. The smallest absolute Gasteiger partial charge is 0.277 e. The molecule has 11 heavy (non-hydrogen) atoms. The summed E-state index contributed by atoms with van der Waals surface area (Å²) in [6.45, 7) is 1.68. The van der Waals surface area contributed by atoms with Crippen LogP contribution in [0.25, 0.3) is 0 Å². The highest BCUT2D eigenvalue weighted by atomic mass is 32.2. The van der Waals surface area contributed by atoms with Crippen LogP contribution >= 0.6 is 11.8 Å². The molecule has 1 aromatic rings. The lowest BCUT2D eigenvalue weighted by atomic mass is 10.6. The third kappa shape index (κ3) is 1.84. The van der Waals surface area contributed by atoms with E-state index in [1.54, 1.807) is 6.92 Å². The highest BCUT2D eigenvalue weighted by Gasteiger charge is 2.13. The molecular formula is C5H8N2O3S. The van der Waals surface area contributed by atoms with Crippen LogP contribution in [0.15, 0.2) is 9.65 Å². The van der Waals surface area contributed by atoms with Gasteiger partial charge in [0.1, 0.15) is 0 Å². The number of nitrogens with zero attached hydrogens (tertiary/aromatic N) is 2. The number of hydrogen-bond acceptors (Lipinski definition) is 5. The number of rotatable bonds is 3. The summed E-state index contributed by atoms with van der Waals surface area (Å²) < 4.78 is 4.30. The van der Waals surface area contributed by atoms with Crippen molar-refractivity contribution in [1.82, 2.24) is 5.16 Å². The molecule has 0 saturated heterocycles. The van der Waals surface area contributed by atoms with Crippen LogP contribution in [0.3, 0.4) is 0 Å². The molecule has 1 aromatic heterocycles. The Morgan fingerprint density at radius 1 is 1.82 bits per heavy atom. The molecule has 1 N–H and O–H groups in total. The van der Waals surface area contributed by atoms with Crippen LogP contribution in [0.5, 0.6) is 0 Å². The Balaban J connectivity index is 2.63. The minimum atomic E-state index is 0.0653. The van der Waals surface area contributed by atoms with Crippen molar-refractivity contribution in [3.63, 3.8) is 0 Å². The van der Waals surface area contributed by atoms with Gasteiger partial charge in [0.05, 0.1) is 11.8 Å². The minimum absolute atomic E-state index is 0.0653. The average molecular weight is 176 g/mol. The maximum atomic E-state index is 10.6. The van der Waals surface area contributed by atoms with Crippen LogP contribution in [-0.2, 0) is 0 Å². The fourth-order valence-electron chi connectivity index (χ4n) is 0.553. The zero-order valence-electron chi connectivity index (χ0n) is 5.98. The van der Waals surface area contributed by atoms with E-state index in [0.29, 0.717) is 21.4 Å². The normalized spacial score (nSPS) is 10.4. The topological polar surface area (TPSA) is 73.2 Å². The molecule has 0 aliphatic heterocycles. The number of thioether (sulfide) groups is 1. The first kappa shape index (κ1) is 8.35. The van der Waals surface area contributed by atoms with Gasteiger partial charge in [-0.25, -0.2) is 0 Å². The third-order valence-corrected chi connectivity index (χ3v) is 2.14. The van der Waals surface area contributed by atoms with Crippen LogP contribution in [0.2, 0.25) is 0 Å². The van der Waals surface area contributed by atoms with Gasteiger partial charge in [0.25, 0.3) is 5.03 Å². The summed E-state index contributed by atoms with van der Waals surface area (Å²) in [5.74, 6) is 0.521. The molecule has 0 fully saturated rings. The van der Waals surface area contributed by atoms with Crippen LogP contribution in [0.4, 0.5) is 0 Å². The quantitative estimate of drug-likeness (QED) is 0.505. The molecule has 0 atom stereocenters. The van der Waals surface area contributed by atoms with Crippen LogP contribution in [-0.4, -0.2) is 22.6 Å². The van der Waals surface area contributed by atoms with Crippen molar-refractivity contribution < 1.29 is 14.6 Å². The Morgan fingerprint density at radius 3 is 3.00 bits per heavy atom. The van der Waals surface area contributed by atoms with Gasteiger partial charge in [0, 0.05) is 12.7 Å². The molecule has 1 rings (SSSR count). The zero-order chi connectivity index (χ0) is 8.27. The van der Waals surface area contributed by atoms with E-state index in [-0.39, 0.29) is 6.61 Å². The van der Waals surface area contributed by atoms with Gasteiger partial charge in [0.15, 0.2) is 0 Å². The van der Waals surface area contributed by atoms with E-state index >= 15 is 0 Å². The Kier molecular flexibility index (Phi) is 2.72. The number of aliphatic hydroxyl groups excluding tert-OH is 1. The fraction of sp³-hybridized carbons (Fsp3) is 0.600. The van der Waals surface area contributed by atoms with Crippen molar-refractivity contribution in [2.75, 3.05) is 12.4 Å². The highest BCUT2D eigenvalue weighted by Crippen LogP contribution is 2.15. The van der Waals surface area contributed by atoms with Gasteiger partial charge in [-0.2, -0.15) is 0 Å².